The predicted molar refractivity (Wildman–Crippen MR) is 82.0 cm³/mol. The maximum Gasteiger partial charge on any atom is 0.226 e. The van der Waals surface area contributed by atoms with Gasteiger partial charge in [0.05, 0.1) is 5.39 Å². The van der Waals surface area contributed by atoms with Crippen molar-refractivity contribution in [3.8, 4) is 0 Å². The highest BCUT2D eigenvalue weighted by atomic mass is 32.1. The van der Waals surface area contributed by atoms with Crippen molar-refractivity contribution in [3.05, 3.63) is 11.4 Å². The minimum atomic E-state index is 0.721. The lowest BCUT2D eigenvalue weighted by Crippen LogP contribution is -2.14. The number of hydrogen-bond donors (Lipinski definition) is 2. The van der Waals surface area contributed by atoms with E-state index in [1.54, 1.807) is 11.3 Å². The van der Waals surface area contributed by atoms with E-state index in [9.17, 15) is 0 Å². The molecule has 1 aliphatic carbocycles. The molecule has 102 valence electrons. The van der Waals surface area contributed by atoms with Gasteiger partial charge < -0.3 is 10.6 Å². The Morgan fingerprint density at radius 2 is 2.21 bits per heavy atom. The summed E-state index contributed by atoms with van der Waals surface area (Å²) in [6.45, 7) is 6.22. The summed E-state index contributed by atoms with van der Waals surface area (Å²) >= 11 is 1.66. The number of nitrogens with zero attached hydrogens (tertiary/aromatic N) is 2. The molecule has 0 saturated heterocycles. The number of nitrogens with one attached hydrogen (secondary N) is 2. The lowest BCUT2D eigenvalue weighted by molar-refractivity contribution is 0.536. The molecule has 0 aromatic carbocycles. The number of rotatable bonds is 6. The van der Waals surface area contributed by atoms with Crippen LogP contribution in [0.2, 0.25) is 0 Å². The van der Waals surface area contributed by atoms with Gasteiger partial charge in [-0.25, -0.2) is 4.98 Å². The first kappa shape index (κ1) is 12.7. The van der Waals surface area contributed by atoms with Gasteiger partial charge in [-0.1, -0.05) is 6.92 Å². The van der Waals surface area contributed by atoms with Crippen LogP contribution in [0.4, 0.5) is 11.8 Å². The fourth-order valence-corrected chi connectivity index (χ4v) is 3.08. The van der Waals surface area contributed by atoms with Crippen LogP contribution in [0.5, 0.6) is 0 Å². The largest absolute Gasteiger partial charge is 0.369 e. The molecule has 4 nitrogen and oxygen atoms in total. The fraction of sp³-hybridized carbons (Fsp3) is 0.571. The fourth-order valence-electron chi connectivity index (χ4n) is 2.32. The maximum atomic E-state index is 4.59. The maximum absolute atomic E-state index is 4.59. The summed E-state index contributed by atoms with van der Waals surface area (Å²) in [5.74, 6) is 3.33. The van der Waals surface area contributed by atoms with E-state index in [0.717, 1.165) is 46.9 Å². The van der Waals surface area contributed by atoms with Crippen LogP contribution in [0.25, 0.3) is 10.2 Å². The predicted octanol–water partition coefficient (Wildman–Crippen LogP) is 3.58. The van der Waals surface area contributed by atoms with E-state index in [-0.39, 0.29) is 0 Å². The van der Waals surface area contributed by atoms with Crippen LogP contribution in [0, 0.1) is 11.8 Å². The molecule has 0 aliphatic heterocycles. The first-order chi connectivity index (χ1) is 9.28. The summed E-state index contributed by atoms with van der Waals surface area (Å²) in [4.78, 5) is 10.2. The summed E-state index contributed by atoms with van der Waals surface area (Å²) in [6, 6.07) is 2.10. The molecule has 3 rings (SSSR count). The molecule has 0 amide bonds. The number of hydrogen-bond acceptors (Lipinski definition) is 5. The molecule has 5 heteroatoms. The number of aromatic nitrogens is 2. The van der Waals surface area contributed by atoms with Crippen molar-refractivity contribution < 1.29 is 0 Å². The Labute approximate surface area is 117 Å². The van der Waals surface area contributed by atoms with Crippen LogP contribution in [-0.4, -0.2) is 23.1 Å². The Bertz CT molecular complexity index is 562. The number of fused-ring (bicyclic) bond motifs is 1. The normalized spacial score (nSPS) is 16.5. The molecular formula is C14H20N4S. The molecule has 1 unspecified atom stereocenters. The highest BCUT2D eigenvalue weighted by Gasteiger charge is 2.27. The summed E-state index contributed by atoms with van der Waals surface area (Å²) in [5.41, 5.74) is 0. The van der Waals surface area contributed by atoms with Crippen molar-refractivity contribution in [1.82, 2.24) is 9.97 Å². The summed E-state index contributed by atoms with van der Waals surface area (Å²) in [7, 11) is 0. The second-order valence-corrected chi connectivity index (χ2v) is 6.16. The lowest BCUT2D eigenvalue weighted by atomic mass is 10.1. The van der Waals surface area contributed by atoms with Crippen LogP contribution >= 0.6 is 11.3 Å². The molecule has 2 heterocycles. The third-order valence-corrected chi connectivity index (χ3v) is 4.48. The third-order valence-electron chi connectivity index (χ3n) is 3.68. The Morgan fingerprint density at radius 3 is 2.95 bits per heavy atom. The van der Waals surface area contributed by atoms with Crippen molar-refractivity contribution >= 4 is 33.3 Å². The molecule has 19 heavy (non-hydrogen) atoms. The zero-order valence-electron chi connectivity index (χ0n) is 11.4. The number of thiophene rings is 1. The van der Waals surface area contributed by atoms with Gasteiger partial charge in [-0.15, -0.1) is 11.3 Å². The van der Waals surface area contributed by atoms with E-state index in [2.05, 4.69) is 45.9 Å². The average molecular weight is 276 g/mol. The highest BCUT2D eigenvalue weighted by Crippen LogP contribution is 2.36. The van der Waals surface area contributed by atoms with Gasteiger partial charge in [-0.05, 0) is 43.0 Å². The Balaban J connectivity index is 1.80. The molecule has 1 saturated carbocycles. The van der Waals surface area contributed by atoms with Gasteiger partial charge in [0, 0.05) is 13.1 Å². The second kappa shape index (κ2) is 5.33. The van der Waals surface area contributed by atoms with Gasteiger partial charge in [0.25, 0.3) is 0 Å². The average Bonchev–Trinajstić information content (AvgIpc) is 3.15. The zero-order chi connectivity index (χ0) is 13.2. The minimum absolute atomic E-state index is 0.721. The Kier molecular flexibility index (Phi) is 3.55. The smallest absolute Gasteiger partial charge is 0.226 e. The van der Waals surface area contributed by atoms with Crippen LogP contribution in [0.1, 0.15) is 26.7 Å². The quantitative estimate of drug-likeness (QED) is 0.846. The van der Waals surface area contributed by atoms with Gasteiger partial charge >= 0.3 is 0 Å². The monoisotopic (exact) mass is 276 g/mol. The molecule has 2 aromatic rings. The lowest BCUT2D eigenvalue weighted by Gasteiger charge is -2.13. The number of anilines is 2. The van der Waals surface area contributed by atoms with E-state index < -0.39 is 0 Å². The SMILES string of the molecule is CCNc1nc(NCC(C)C2CC2)c2ccsc2n1. The van der Waals surface area contributed by atoms with Crippen LogP contribution in [-0.2, 0) is 0 Å². The first-order valence-corrected chi connectivity index (χ1v) is 7.89. The van der Waals surface area contributed by atoms with Crippen molar-refractivity contribution in [2.75, 3.05) is 23.7 Å². The topological polar surface area (TPSA) is 49.8 Å². The van der Waals surface area contributed by atoms with Crippen molar-refractivity contribution in [3.63, 3.8) is 0 Å². The molecule has 1 atom stereocenters. The molecule has 2 N–H and O–H groups in total. The Hall–Kier alpha value is -1.36. The van der Waals surface area contributed by atoms with Crippen LogP contribution in [0.15, 0.2) is 11.4 Å². The second-order valence-electron chi connectivity index (χ2n) is 5.26. The molecule has 0 bridgehead atoms. The van der Waals surface area contributed by atoms with E-state index in [1.807, 2.05) is 0 Å². The van der Waals surface area contributed by atoms with Gasteiger partial charge in [0.15, 0.2) is 0 Å². The molecular weight excluding hydrogens is 256 g/mol. The summed E-state index contributed by atoms with van der Waals surface area (Å²) < 4.78 is 0. The van der Waals surface area contributed by atoms with Gasteiger partial charge in [-0.2, -0.15) is 4.98 Å². The summed E-state index contributed by atoms with van der Waals surface area (Å²) in [5, 5.41) is 9.91. The third kappa shape index (κ3) is 2.81. The van der Waals surface area contributed by atoms with E-state index >= 15 is 0 Å². The van der Waals surface area contributed by atoms with Crippen molar-refractivity contribution in [1.29, 1.82) is 0 Å². The molecule has 0 radical (unpaired) electrons. The zero-order valence-corrected chi connectivity index (χ0v) is 12.3. The van der Waals surface area contributed by atoms with Gasteiger partial charge in [0.1, 0.15) is 10.6 Å². The summed E-state index contributed by atoms with van der Waals surface area (Å²) in [6.07, 6.45) is 2.78. The van der Waals surface area contributed by atoms with E-state index in [4.69, 9.17) is 0 Å². The minimum Gasteiger partial charge on any atom is -0.369 e. The van der Waals surface area contributed by atoms with Crippen molar-refractivity contribution in [2.24, 2.45) is 11.8 Å². The molecule has 1 fully saturated rings. The van der Waals surface area contributed by atoms with Gasteiger partial charge in [0.2, 0.25) is 5.95 Å². The van der Waals surface area contributed by atoms with Crippen molar-refractivity contribution in [2.45, 2.75) is 26.7 Å². The standard InChI is InChI=1S/C14H20N4S/c1-3-15-14-17-12(11-6-7-19-13(11)18-14)16-8-9(2)10-4-5-10/h6-7,9-10H,3-5,8H2,1-2H3,(H2,15,16,17,18). The van der Waals surface area contributed by atoms with E-state index in [1.165, 1.54) is 12.8 Å². The van der Waals surface area contributed by atoms with E-state index in [0.29, 0.717) is 0 Å². The van der Waals surface area contributed by atoms with Gasteiger partial charge in [-0.3, -0.25) is 0 Å². The van der Waals surface area contributed by atoms with Crippen LogP contribution in [0.3, 0.4) is 0 Å². The molecule has 1 aliphatic rings. The molecule has 0 spiro atoms. The Morgan fingerprint density at radius 1 is 1.37 bits per heavy atom. The van der Waals surface area contributed by atoms with Crippen LogP contribution < -0.4 is 10.6 Å². The highest BCUT2D eigenvalue weighted by molar-refractivity contribution is 7.16. The first-order valence-electron chi connectivity index (χ1n) is 7.01. The molecule has 2 aromatic heterocycles.